The van der Waals surface area contributed by atoms with Crippen molar-refractivity contribution in [2.75, 3.05) is 39.6 Å². The van der Waals surface area contributed by atoms with Gasteiger partial charge in [0.1, 0.15) is 0 Å². The lowest BCUT2D eigenvalue weighted by Gasteiger charge is -2.15. The van der Waals surface area contributed by atoms with Crippen LogP contribution in [0.15, 0.2) is 0 Å². The van der Waals surface area contributed by atoms with Crippen LogP contribution in [0, 0.1) is 5.92 Å². The second-order valence-electron chi connectivity index (χ2n) is 7.28. The highest BCUT2D eigenvalue weighted by Gasteiger charge is 2.28. The van der Waals surface area contributed by atoms with Gasteiger partial charge in [0.05, 0.1) is 70.3 Å². The van der Waals surface area contributed by atoms with Crippen LogP contribution in [0.5, 0.6) is 0 Å². The third-order valence-electron chi connectivity index (χ3n) is 4.74. The van der Waals surface area contributed by atoms with Crippen LogP contribution < -0.4 is 0 Å². The van der Waals surface area contributed by atoms with Gasteiger partial charge in [-0.15, -0.1) is 0 Å². The smallest absolute Gasteiger partial charge is 0.309 e. The summed E-state index contributed by atoms with van der Waals surface area (Å²) in [6.07, 6.45) is 2.60. The molecule has 0 radical (unpaired) electrons. The molecule has 0 amide bonds. The molecule has 0 aromatic carbocycles. The Morgan fingerprint density at radius 3 is 1.71 bits per heavy atom. The van der Waals surface area contributed by atoms with Crippen molar-refractivity contribution in [3.8, 4) is 0 Å². The summed E-state index contributed by atoms with van der Waals surface area (Å²) in [6, 6.07) is 0. The van der Waals surface area contributed by atoms with Gasteiger partial charge in [0.15, 0.2) is 0 Å². The van der Waals surface area contributed by atoms with Gasteiger partial charge in [0.2, 0.25) is 0 Å². The Morgan fingerprint density at radius 2 is 1.21 bits per heavy atom. The van der Waals surface area contributed by atoms with Crippen molar-refractivity contribution in [3.05, 3.63) is 0 Å². The number of hydrogen-bond donors (Lipinski definition) is 0. The first-order valence-corrected chi connectivity index (χ1v) is 9.93. The Kier molecular flexibility index (Phi) is 8.05. The monoisotopic (exact) mass is 400 g/mol. The zero-order valence-corrected chi connectivity index (χ0v) is 16.0. The summed E-state index contributed by atoms with van der Waals surface area (Å²) < 4.78 is 30.7. The second kappa shape index (κ2) is 10.7. The highest BCUT2D eigenvalue weighted by atomic mass is 16.6. The van der Waals surface area contributed by atoms with Crippen LogP contribution in [0.4, 0.5) is 0 Å². The molecule has 0 saturated carbocycles. The summed E-state index contributed by atoms with van der Waals surface area (Å²) in [5.41, 5.74) is 0. The molecule has 3 fully saturated rings. The Hall–Kier alpha value is -1.71. The molecule has 3 saturated heterocycles. The van der Waals surface area contributed by atoms with Gasteiger partial charge in [0, 0.05) is 25.7 Å². The van der Waals surface area contributed by atoms with E-state index >= 15 is 0 Å². The Morgan fingerprint density at radius 1 is 0.750 bits per heavy atom. The molecule has 0 spiro atoms. The van der Waals surface area contributed by atoms with Gasteiger partial charge in [-0.2, -0.15) is 0 Å². The molecular weight excluding hydrogens is 372 g/mol. The Balaban J connectivity index is 1.36. The van der Waals surface area contributed by atoms with E-state index in [0.29, 0.717) is 45.7 Å². The summed E-state index contributed by atoms with van der Waals surface area (Å²) >= 11 is 0. The normalized spacial score (nSPS) is 25.5. The summed E-state index contributed by atoms with van der Waals surface area (Å²) in [5.74, 6) is -2.11. The summed E-state index contributed by atoms with van der Waals surface area (Å²) in [6.45, 7) is 2.90. The van der Waals surface area contributed by atoms with E-state index in [1.807, 2.05) is 0 Å². The fourth-order valence-corrected chi connectivity index (χ4v) is 2.65. The van der Waals surface area contributed by atoms with Crippen LogP contribution in [0.1, 0.15) is 38.5 Å². The fraction of sp³-hybridized carbons (Fsp3) is 0.842. The molecule has 0 aromatic heterocycles. The van der Waals surface area contributed by atoms with Gasteiger partial charge >= 0.3 is 17.9 Å². The van der Waals surface area contributed by atoms with E-state index in [1.54, 1.807) is 0 Å². The van der Waals surface area contributed by atoms with Crippen molar-refractivity contribution in [1.29, 1.82) is 0 Å². The van der Waals surface area contributed by atoms with Gasteiger partial charge in [-0.3, -0.25) is 14.4 Å². The van der Waals surface area contributed by atoms with Crippen LogP contribution in [0.3, 0.4) is 0 Å². The predicted molar refractivity (Wildman–Crippen MR) is 93.3 cm³/mol. The maximum absolute atomic E-state index is 12.3. The average molecular weight is 400 g/mol. The molecule has 0 aromatic rings. The van der Waals surface area contributed by atoms with E-state index in [1.165, 1.54) is 0 Å². The maximum atomic E-state index is 12.3. The summed E-state index contributed by atoms with van der Waals surface area (Å²) in [4.78, 5) is 36.2. The fourth-order valence-electron chi connectivity index (χ4n) is 2.65. The molecule has 9 nitrogen and oxygen atoms in total. The number of epoxide rings is 3. The minimum Gasteiger partial charge on any atom is -0.466 e. The number of carbonyl (C=O) groups is 3. The third-order valence-corrected chi connectivity index (χ3v) is 4.74. The third kappa shape index (κ3) is 8.99. The van der Waals surface area contributed by atoms with Gasteiger partial charge in [-0.1, -0.05) is 0 Å². The number of carbonyl (C=O) groups excluding carboxylic acids is 3. The van der Waals surface area contributed by atoms with Gasteiger partial charge < -0.3 is 28.4 Å². The Labute approximate surface area is 163 Å². The van der Waals surface area contributed by atoms with E-state index in [-0.39, 0.29) is 50.8 Å². The molecule has 9 heteroatoms. The van der Waals surface area contributed by atoms with E-state index in [0.717, 1.165) is 0 Å². The van der Waals surface area contributed by atoms with E-state index in [9.17, 15) is 14.4 Å². The minimum atomic E-state index is -0.732. The molecule has 0 aliphatic carbocycles. The first-order chi connectivity index (χ1) is 13.6. The first kappa shape index (κ1) is 21.0. The van der Waals surface area contributed by atoms with Crippen LogP contribution in [0.2, 0.25) is 0 Å². The topological polar surface area (TPSA) is 116 Å². The molecule has 4 atom stereocenters. The van der Waals surface area contributed by atoms with Gasteiger partial charge in [-0.25, -0.2) is 0 Å². The lowest BCUT2D eigenvalue weighted by atomic mass is 9.99. The molecule has 3 aliphatic rings. The van der Waals surface area contributed by atoms with Crippen LogP contribution >= 0.6 is 0 Å². The highest BCUT2D eigenvalue weighted by Crippen LogP contribution is 2.19. The van der Waals surface area contributed by atoms with E-state index < -0.39 is 23.8 Å². The van der Waals surface area contributed by atoms with Crippen molar-refractivity contribution in [1.82, 2.24) is 0 Å². The molecule has 3 rings (SSSR count). The predicted octanol–water partition coefficient (Wildman–Crippen LogP) is 0.769. The quantitative estimate of drug-likeness (QED) is 0.223. The zero-order valence-electron chi connectivity index (χ0n) is 16.0. The van der Waals surface area contributed by atoms with Crippen molar-refractivity contribution in [2.24, 2.45) is 5.92 Å². The standard InChI is InChI=1S/C19H28O9/c20-17(23-6-3-14-10-26-14)2-1-13(19(22)25-8-5-16-12-28-16)9-18(21)24-7-4-15-11-27-15/h13-16H,1-12H2. The lowest BCUT2D eigenvalue weighted by Crippen LogP contribution is -2.24. The first-order valence-electron chi connectivity index (χ1n) is 9.93. The second-order valence-corrected chi connectivity index (χ2v) is 7.28. The van der Waals surface area contributed by atoms with Crippen molar-refractivity contribution in [3.63, 3.8) is 0 Å². The van der Waals surface area contributed by atoms with E-state index in [2.05, 4.69) is 0 Å². The van der Waals surface area contributed by atoms with E-state index in [4.69, 9.17) is 28.4 Å². The zero-order chi connectivity index (χ0) is 19.8. The number of hydrogen-bond acceptors (Lipinski definition) is 9. The SMILES string of the molecule is O=C(CCC(CC(=O)OCCC1CO1)C(=O)OCCC1CO1)OCCC1CO1. The number of esters is 3. The Bertz CT molecular complexity index is 538. The van der Waals surface area contributed by atoms with Crippen LogP contribution in [-0.2, 0) is 42.8 Å². The molecule has 0 N–H and O–H groups in total. The summed E-state index contributed by atoms with van der Waals surface area (Å²) in [5, 5.41) is 0. The van der Waals surface area contributed by atoms with Crippen LogP contribution in [0.25, 0.3) is 0 Å². The van der Waals surface area contributed by atoms with Crippen molar-refractivity contribution >= 4 is 17.9 Å². The lowest BCUT2D eigenvalue weighted by molar-refractivity contribution is -0.156. The van der Waals surface area contributed by atoms with Crippen LogP contribution in [-0.4, -0.2) is 75.9 Å². The molecule has 158 valence electrons. The van der Waals surface area contributed by atoms with Gasteiger partial charge in [-0.05, 0) is 6.42 Å². The molecule has 0 bridgehead atoms. The molecule has 4 unspecified atom stereocenters. The average Bonchev–Trinajstić information content (AvgIpc) is 3.51. The summed E-state index contributed by atoms with van der Waals surface area (Å²) in [7, 11) is 0. The highest BCUT2D eigenvalue weighted by molar-refractivity contribution is 5.80. The number of rotatable bonds is 15. The maximum Gasteiger partial charge on any atom is 0.309 e. The minimum absolute atomic E-state index is 0.0419. The molecule has 3 aliphatic heterocycles. The largest absolute Gasteiger partial charge is 0.466 e. The molecular formula is C19H28O9. The van der Waals surface area contributed by atoms with Crippen molar-refractivity contribution < 1.29 is 42.8 Å². The molecule has 28 heavy (non-hydrogen) atoms. The van der Waals surface area contributed by atoms with Gasteiger partial charge in [0.25, 0.3) is 0 Å². The number of ether oxygens (including phenoxy) is 6. The van der Waals surface area contributed by atoms with Crippen molar-refractivity contribution in [2.45, 2.75) is 56.8 Å². The molecule has 3 heterocycles.